The van der Waals surface area contributed by atoms with Crippen LogP contribution in [0.1, 0.15) is 31.0 Å². The van der Waals surface area contributed by atoms with Gasteiger partial charge in [-0.15, -0.1) is 0 Å². The average Bonchev–Trinajstić information content (AvgIpc) is 2.84. The Hall–Kier alpha value is -1.13. The maximum absolute atomic E-state index is 4.44. The smallest absolute Gasteiger partial charge is 0.0976 e. The number of nitrogens with zero attached hydrogens (tertiary/aromatic N) is 1. The number of nitrogens with one attached hydrogen (secondary N) is 2. The fourth-order valence-corrected chi connectivity index (χ4v) is 2.49. The van der Waals surface area contributed by atoms with Crippen LogP contribution >= 0.6 is 11.3 Å². The van der Waals surface area contributed by atoms with Crippen molar-refractivity contribution in [1.82, 2.24) is 15.5 Å². The number of hydrogen-bond donors (Lipinski definition) is 2. The monoisotopic (exact) mass is 235 g/mol. The Balaban J connectivity index is 2.46. The highest BCUT2D eigenvalue weighted by molar-refractivity contribution is 7.08. The molecule has 2 rings (SSSR count). The van der Waals surface area contributed by atoms with Gasteiger partial charge in [0.05, 0.1) is 5.69 Å². The van der Waals surface area contributed by atoms with Crippen LogP contribution in [0.3, 0.4) is 0 Å². The molecular formula is C12H17N3S. The number of H-pyrrole nitrogens is 1. The first-order valence-corrected chi connectivity index (χ1v) is 6.42. The minimum absolute atomic E-state index is 0.475. The van der Waals surface area contributed by atoms with Crippen molar-refractivity contribution in [2.75, 3.05) is 7.05 Å². The predicted octanol–water partition coefficient (Wildman–Crippen LogP) is 2.98. The van der Waals surface area contributed by atoms with Crippen LogP contribution in [0.5, 0.6) is 0 Å². The maximum atomic E-state index is 4.44. The fraction of sp³-hybridized carbons (Fsp3) is 0.417. The van der Waals surface area contributed by atoms with Gasteiger partial charge in [-0.1, -0.05) is 13.8 Å². The standard InChI is InChI=1S/C12H17N3S/c1-8(2)11-10(6-13-3)12(15-14-11)9-4-5-16-7-9/h4-5,7-8,13H,6H2,1-3H3,(H,14,15). The van der Waals surface area contributed by atoms with E-state index in [1.165, 1.54) is 16.8 Å². The molecule has 0 unspecified atom stereocenters. The molecule has 2 heterocycles. The third kappa shape index (κ3) is 2.03. The van der Waals surface area contributed by atoms with Crippen molar-refractivity contribution >= 4 is 11.3 Å². The van der Waals surface area contributed by atoms with Crippen molar-refractivity contribution in [3.63, 3.8) is 0 Å². The van der Waals surface area contributed by atoms with Gasteiger partial charge < -0.3 is 5.32 Å². The molecule has 3 nitrogen and oxygen atoms in total. The summed E-state index contributed by atoms with van der Waals surface area (Å²) in [6.45, 7) is 5.23. The molecule has 86 valence electrons. The van der Waals surface area contributed by atoms with Gasteiger partial charge >= 0.3 is 0 Å². The van der Waals surface area contributed by atoms with Crippen LogP contribution < -0.4 is 5.32 Å². The van der Waals surface area contributed by atoms with Gasteiger partial charge in [-0.3, -0.25) is 5.10 Å². The van der Waals surface area contributed by atoms with Crippen LogP contribution in [0.25, 0.3) is 11.3 Å². The van der Waals surface area contributed by atoms with Crippen LogP contribution in [-0.2, 0) is 6.54 Å². The van der Waals surface area contributed by atoms with Gasteiger partial charge in [-0.05, 0) is 24.4 Å². The Labute approximate surface area is 99.9 Å². The number of rotatable bonds is 4. The zero-order valence-corrected chi connectivity index (χ0v) is 10.7. The Morgan fingerprint density at radius 3 is 2.88 bits per heavy atom. The van der Waals surface area contributed by atoms with Gasteiger partial charge in [0.1, 0.15) is 0 Å². The lowest BCUT2D eigenvalue weighted by atomic mass is 10.0. The molecule has 2 N–H and O–H groups in total. The van der Waals surface area contributed by atoms with Crippen molar-refractivity contribution in [3.05, 3.63) is 28.1 Å². The highest BCUT2D eigenvalue weighted by atomic mass is 32.1. The van der Waals surface area contributed by atoms with Crippen molar-refractivity contribution in [1.29, 1.82) is 0 Å². The summed E-state index contributed by atoms with van der Waals surface area (Å²) in [6.07, 6.45) is 0. The van der Waals surface area contributed by atoms with E-state index in [1.807, 2.05) is 7.05 Å². The van der Waals surface area contributed by atoms with Crippen LogP contribution in [0.2, 0.25) is 0 Å². The van der Waals surface area contributed by atoms with Gasteiger partial charge in [0.15, 0.2) is 0 Å². The summed E-state index contributed by atoms with van der Waals surface area (Å²) in [5.41, 5.74) is 4.81. The minimum atomic E-state index is 0.475. The molecule has 4 heteroatoms. The Morgan fingerprint density at radius 2 is 2.31 bits per heavy atom. The molecule has 0 aliphatic heterocycles. The van der Waals surface area contributed by atoms with Crippen molar-refractivity contribution in [2.45, 2.75) is 26.3 Å². The summed E-state index contributed by atoms with van der Waals surface area (Å²) in [4.78, 5) is 0. The molecule has 0 atom stereocenters. The van der Waals surface area contributed by atoms with E-state index in [0.717, 1.165) is 12.2 Å². The van der Waals surface area contributed by atoms with Gasteiger partial charge in [0, 0.05) is 28.7 Å². The summed E-state index contributed by atoms with van der Waals surface area (Å²) in [5, 5.41) is 15.0. The van der Waals surface area contributed by atoms with E-state index in [0.29, 0.717) is 5.92 Å². The molecule has 0 radical (unpaired) electrons. The number of aromatic nitrogens is 2. The molecule has 0 aromatic carbocycles. The van der Waals surface area contributed by atoms with Crippen LogP contribution in [0.4, 0.5) is 0 Å². The third-order valence-electron chi connectivity index (χ3n) is 2.62. The molecule has 0 fully saturated rings. The first-order chi connectivity index (χ1) is 7.74. The molecule has 0 saturated carbocycles. The van der Waals surface area contributed by atoms with Gasteiger partial charge in [0.2, 0.25) is 0 Å². The van der Waals surface area contributed by atoms with E-state index in [9.17, 15) is 0 Å². The summed E-state index contributed by atoms with van der Waals surface area (Å²) < 4.78 is 0. The van der Waals surface area contributed by atoms with E-state index in [1.54, 1.807) is 11.3 Å². The average molecular weight is 235 g/mol. The summed E-state index contributed by atoms with van der Waals surface area (Å²) in [6, 6.07) is 2.12. The molecule has 0 amide bonds. The normalized spacial score (nSPS) is 11.2. The zero-order chi connectivity index (χ0) is 11.5. The van der Waals surface area contributed by atoms with Gasteiger partial charge in [-0.2, -0.15) is 16.4 Å². The van der Waals surface area contributed by atoms with Crippen molar-refractivity contribution in [3.8, 4) is 11.3 Å². The van der Waals surface area contributed by atoms with Gasteiger partial charge in [0.25, 0.3) is 0 Å². The lowest BCUT2D eigenvalue weighted by Crippen LogP contribution is -2.08. The lowest BCUT2D eigenvalue weighted by molar-refractivity contribution is 0.760. The third-order valence-corrected chi connectivity index (χ3v) is 3.31. The second-order valence-electron chi connectivity index (χ2n) is 4.16. The van der Waals surface area contributed by atoms with E-state index < -0.39 is 0 Å². The van der Waals surface area contributed by atoms with Crippen LogP contribution in [0, 0.1) is 0 Å². The summed E-state index contributed by atoms with van der Waals surface area (Å²) >= 11 is 1.70. The second kappa shape index (κ2) is 4.80. The first kappa shape index (κ1) is 11.4. The molecule has 0 bridgehead atoms. The first-order valence-electron chi connectivity index (χ1n) is 5.48. The fourth-order valence-electron chi connectivity index (χ4n) is 1.85. The molecule has 0 aliphatic rings. The van der Waals surface area contributed by atoms with E-state index in [-0.39, 0.29) is 0 Å². The highest BCUT2D eigenvalue weighted by Crippen LogP contribution is 2.28. The second-order valence-corrected chi connectivity index (χ2v) is 4.94. The SMILES string of the molecule is CNCc1c(-c2ccsc2)n[nH]c1C(C)C. The Kier molecular flexibility index (Phi) is 3.41. The number of aromatic amines is 1. The lowest BCUT2D eigenvalue weighted by Gasteiger charge is -2.07. The quantitative estimate of drug-likeness (QED) is 0.855. The molecular weight excluding hydrogens is 218 g/mol. The molecule has 0 saturated heterocycles. The number of hydrogen-bond acceptors (Lipinski definition) is 3. The molecule has 2 aromatic heterocycles. The van der Waals surface area contributed by atoms with Crippen LogP contribution in [-0.4, -0.2) is 17.2 Å². The minimum Gasteiger partial charge on any atom is -0.316 e. The Morgan fingerprint density at radius 1 is 1.50 bits per heavy atom. The molecule has 0 aliphatic carbocycles. The maximum Gasteiger partial charge on any atom is 0.0976 e. The molecule has 0 spiro atoms. The van der Waals surface area contributed by atoms with E-state index in [2.05, 4.69) is 46.2 Å². The predicted molar refractivity (Wildman–Crippen MR) is 68.8 cm³/mol. The largest absolute Gasteiger partial charge is 0.316 e. The molecule has 16 heavy (non-hydrogen) atoms. The summed E-state index contributed by atoms with van der Waals surface area (Å²) in [5.74, 6) is 0.475. The topological polar surface area (TPSA) is 40.7 Å². The zero-order valence-electron chi connectivity index (χ0n) is 9.87. The van der Waals surface area contributed by atoms with E-state index in [4.69, 9.17) is 0 Å². The Bertz CT molecular complexity index is 443. The number of thiophene rings is 1. The van der Waals surface area contributed by atoms with Crippen molar-refractivity contribution in [2.24, 2.45) is 0 Å². The van der Waals surface area contributed by atoms with Crippen LogP contribution in [0.15, 0.2) is 16.8 Å². The molecule has 2 aromatic rings. The van der Waals surface area contributed by atoms with Gasteiger partial charge in [-0.25, -0.2) is 0 Å². The van der Waals surface area contributed by atoms with E-state index >= 15 is 0 Å². The van der Waals surface area contributed by atoms with Crippen molar-refractivity contribution < 1.29 is 0 Å². The summed E-state index contributed by atoms with van der Waals surface area (Å²) in [7, 11) is 1.97. The highest BCUT2D eigenvalue weighted by Gasteiger charge is 2.16.